The average molecular weight is 478 g/mol. The van der Waals surface area contributed by atoms with Gasteiger partial charge in [0.1, 0.15) is 5.82 Å². The number of aliphatic hydroxyl groups excluding tert-OH is 1. The molecule has 0 saturated carbocycles. The van der Waals surface area contributed by atoms with Crippen LogP contribution in [-0.2, 0) is 34.0 Å². The molecule has 0 fully saturated rings. The number of rotatable bonds is 12. The van der Waals surface area contributed by atoms with Crippen molar-refractivity contribution in [2.75, 3.05) is 26.4 Å². The highest BCUT2D eigenvalue weighted by Gasteiger charge is 2.20. The van der Waals surface area contributed by atoms with Gasteiger partial charge in [0.05, 0.1) is 23.8 Å². The number of imidazole rings is 1. The van der Waals surface area contributed by atoms with Crippen molar-refractivity contribution in [1.29, 1.82) is 0 Å². The van der Waals surface area contributed by atoms with Crippen LogP contribution in [0.2, 0.25) is 0 Å². The molecule has 0 bridgehead atoms. The summed E-state index contributed by atoms with van der Waals surface area (Å²) in [5, 5.41) is 13.7. The fourth-order valence-electron chi connectivity index (χ4n) is 3.64. The van der Waals surface area contributed by atoms with Gasteiger partial charge < -0.3 is 14.8 Å². The average Bonchev–Trinajstić information content (AvgIpc) is 3.16. The lowest BCUT2D eigenvalue weighted by Crippen LogP contribution is -2.26. The minimum absolute atomic E-state index is 0.0162. The standard InChI is InChI=1S/C22H31N5O5S/c1-4-7-19-24-18(5-2)20-22(29)25-21(26-27(19)20)17-14-16(33(30,31)23-11-12-28)9-8-15(17)10-13-32-6-3/h8-9,14,23,28H,4-7,10-13H2,1-3H3,(H,25,26,29). The van der Waals surface area contributed by atoms with Gasteiger partial charge in [-0.3, -0.25) is 4.79 Å². The second kappa shape index (κ2) is 11.0. The number of aromatic amines is 1. The summed E-state index contributed by atoms with van der Waals surface area (Å²) < 4.78 is 34.7. The van der Waals surface area contributed by atoms with E-state index >= 15 is 0 Å². The Morgan fingerprint density at radius 3 is 2.67 bits per heavy atom. The molecule has 0 aliphatic rings. The molecular formula is C22H31N5O5S. The minimum atomic E-state index is -3.84. The molecule has 10 nitrogen and oxygen atoms in total. The zero-order chi connectivity index (χ0) is 24.0. The molecule has 180 valence electrons. The molecule has 0 radical (unpaired) electrons. The first-order valence-corrected chi connectivity index (χ1v) is 12.7. The first-order chi connectivity index (χ1) is 15.9. The Morgan fingerprint density at radius 1 is 1.21 bits per heavy atom. The molecular weight excluding hydrogens is 446 g/mol. The topological polar surface area (TPSA) is 139 Å². The monoisotopic (exact) mass is 477 g/mol. The van der Waals surface area contributed by atoms with Crippen molar-refractivity contribution in [3.05, 3.63) is 45.6 Å². The summed E-state index contributed by atoms with van der Waals surface area (Å²) in [5.41, 5.74) is 2.05. The maximum Gasteiger partial charge on any atom is 0.277 e. The van der Waals surface area contributed by atoms with Crippen LogP contribution in [-0.4, -0.2) is 59.5 Å². The van der Waals surface area contributed by atoms with Crippen molar-refractivity contribution >= 4 is 15.5 Å². The predicted molar refractivity (Wildman–Crippen MR) is 125 cm³/mol. The summed E-state index contributed by atoms with van der Waals surface area (Å²) >= 11 is 0. The first-order valence-electron chi connectivity index (χ1n) is 11.2. The maximum atomic E-state index is 13.0. The van der Waals surface area contributed by atoms with Crippen LogP contribution in [0.3, 0.4) is 0 Å². The Kier molecular flexibility index (Phi) is 8.35. The van der Waals surface area contributed by atoms with E-state index < -0.39 is 10.0 Å². The van der Waals surface area contributed by atoms with E-state index in [4.69, 9.17) is 9.84 Å². The van der Waals surface area contributed by atoms with Crippen molar-refractivity contribution in [2.24, 2.45) is 0 Å². The molecule has 2 heterocycles. The smallest absolute Gasteiger partial charge is 0.277 e. The van der Waals surface area contributed by atoms with Crippen LogP contribution >= 0.6 is 0 Å². The summed E-state index contributed by atoms with van der Waals surface area (Å²) in [6.45, 7) is 6.45. The van der Waals surface area contributed by atoms with Gasteiger partial charge in [-0.05, 0) is 43.9 Å². The number of aromatic nitrogens is 4. The normalized spacial score (nSPS) is 12.0. The number of aliphatic hydroxyl groups is 1. The molecule has 1 aromatic carbocycles. The van der Waals surface area contributed by atoms with Crippen LogP contribution in [0.15, 0.2) is 27.9 Å². The summed E-state index contributed by atoms with van der Waals surface area (Å²) in [7, 11) is -3.84. The highest BCUT2D eigenvalue weighted by Crippen LogP contribution is 2.25. The lowest BCUT2D eigenvalue weighted by Gasteiger charge is -2.13. The van der Waals surface area contributed by atoms with Gasteiger partial charge in [-0.2, -0.15) is 0 Å². The van der Waals surface area contributed by atoms with Crippen molar-refractivity contribution in [2.45, 2.75) is 51.3 Å². The fourth-order valence-corrected chi connectivity index (χ4v) is 4.69. The van der Waals surface area contributed by atoms with Crippen LogP contribution in [0.4, 0.5) is 0 Å². The lowest BCUT2D eigenvalue weighted by atomic mass is 10.0. The number of hydrogen-bond donors (Lipinski definition) is 3. The van der Waals surface area contributed by atoms with E-state index in [1.54, 1.807) is 10.6 Å². The Labute approximate surface area is 193 Å². The Morgan fingerprint density at radius 2 is 2.00 bits per heavy atom. The third-order valence-electron chi connectivity index (χ3n) is 5.22. The zero-order valence-corrected chi connectivity index (χ0v) is 20.0. The van der Waals surface area contributed by atoms with Gasteiger partial charge >= 0.3 is 0 Å². The third-order valence-corrected chi connectivity index (χ3v) is 6.68. The van der Waals surface area contributed by atoms with Crippen LogP contribution in [0, 0.1) is 0 Å². The van der Waals surface area contributed by atoms with Crippen molar-refractivity contribution < 1.29 is 18.3 Å². The Balaban J connectivity index is 2.20. The molecule has 0 amide bonds. The van der Waals surface area contributed by atoms with Gasteiger partial charge in [-0.25, -0.2) is 22.6 Å². The summed E-state index contributed by atoms with van der Waals surface area (Å²) in [5.74, 6) is 0.955. The quantitative estimate of drug-likeness (QED) is 0.336. The first kappa shape index (κ1) is 25.0. The van der Waals surface area contributed by atoms with Gasteiger partial charge in [0.15, 0.2) is 11.3 Å². The van der Waals surface area contributed by atoms with E-state index in [0.29, 0.717) is 55.1 Å². The molecule has 0 aliphatic carbocycles. The van der Waals surface area contributed by atoms with E-state index in [9.17, 15) is 13.2 Å². The van der Waals surface area contributed by atoms with Crippen molar-refractivity contribution in [1.82, 2.24) is 24.3 Å². The van der Waals surface area contributed by atoms with Gasteiger partial charge in [0.2, 0.25) is 10.0 Å². The third kappa shape index (κ3) is 5.49. The second-order valence-corrected chi connectivity index (χ2v) is 9.30. The molecule has 33 heavy (non-hydrogen) atoms. The largest absolute Gasteiger partial charge is 0.395 e. The molecule has 2 aromatic heterocycles. The lowest BCUT2D eigenvalue weighted by molar-refractivity contribution is 0.151. The number of nitrogens with zero attached hydrogens (tertiary/aromatic N) is 3. The summed E-state index contributed by atoms with van der Waals surface area (Å²) in [4.78, 5) is 20.5. The van der Waals surface area contributed by atoms with E-state index in [1.165, 1.54) is 12.1 Å². The number of H-pyrrole nitrogens is 1. The maximum absolute atomic E-state index is 13.0. The van der Waals surface area contributed by atoms with Gasteiger partial charge in [-0.1, -0.05) is 19.9 Å². The molecule has 3 N–H and O–H groups in total. The number of ether oxygens (including phenoxy) is 1. The molecule has 0 unspecified atom stereocenters. The van der Waals surface area contributed by atoms with E-state index in [-0.39, 0.29) is 29.4 Å². The van der Waals surface area contributed by atoms with Gasteiger partial charge in [-0.15, -0.1) is 5.10 Å². The van der Waals surface area contributed by atoms with E-state index in [1.807, 2.05) is 20.8 Å². The number of aryl methyl sites for hydroxylation is 2. The van der Waals surface area contributed by atoms with Crippen molar-refractivity contribution in [3.8, 4) is 11.4 Å². The summed E-state index contributed by atoms with van der Waals surface area (Å²) in [6.07, 6.45) is 2.62. The number of benzene rings is 1. The van der Waals surface area contributed by atoms with Crippen LogP contribution in [0.5, 0.6) is 0 Å². The molecule has 0 atom stereocenters. The van der Waals surface area contributed by atoms with Gasteiger partial charge in [0.25, 0.3) is 5.56 Å². The van der Waals surface area contributed by atoms with Crippen LogP contribution in [0.25, 0.3) is 16.9 Å². The van der Waals surface area contributed by atoms with Crippen molar-refractivity contribution in [3.63, 3.8) is 0 Å². The number of nitrogens with one attached hydrogen (secondary N) is 2. The molecule has 0 aliphatic heterocycles. The molecule has 3 aromatic rings. The molecule has 0 saturated heterocycles. The predicted octanol–water partition coefficient (Wildman–Crippen LogP) is 1.45. The fraction of sp³-hybridized carbons (Fsp3) is 0.500. The molecule has 0 spiro atoms. The van der Waals surface area contributed by atoms with E-state index in [2.05, 4.69) is 19.8 Å². The van der Waals surface area contributed by atoms with E-state index in [0.717, 1.165) is 12.0 Å². The minimum Gasteiger partial charge on any atom is -0.395 e. The highest BCUT2D eigenvalue weighted by molar-refractivity contribution is 7.89. The highest BCUT2D eigenvalue weighted by atomic mass is 32.2. The van der Waals surface area contributed by atoms with Crippen LogP contribution < -0.4 is 10.3 Å². The molecule has 3 rings (SSSR count). The second-order valence-electron chi connectivity index (χ2n) is 7.53. The SMILES string of the molecule is CCCc1nc(CC)c2c(=O)[nH]c(-c3cc(S(=O)(=O)NCCO)ccc3CCOCC)nn12. The number of fused-ring (bicyclic) bond motifs is 1. The number of hydrogen-bond acceptors (Lipinski definition) is 7. The van der Waals surface area contributed by atoms with Crippen LogP contribution in [0.1, 0.15) is 44.3 Å². The molecule has 11 heteroatoms. The summed E-state index contributed by atoms with van der Waals surface area (Å²) in [6, 6.07) is 4.68. The van der Waals surface area contributed by atoms with Gasteiger partial charge in [0, 0.05) is 25.1 Å². The Hall–Kier alpha value is -2.60. The Bertz CT molecular complexity index is 1270. The zero-order valence-electron chi connectivity index (χ0n) is 19.2. The number of sulfonamides is 1.